The van der Waals surface area contributed by atoms with Crippen molar-refractivity contribution < 1.29 is 4.79 Å². The first-order chi connectivity index (χ1) is 13.2. The Hall–Kier alpha value is -1.85. The summed E-state index contributed by atoms with van der Waals surface area (Å²) in [5, 5.41) is 0.863. The Labute approximate surface area is 172 Å². The molecule has 2 aliphatic rings. The molecule has 27 heavy (non-hydrogen) atoms. The van der Waals surface area contributed by atoms with E-state index < -0.39 is 0 Å². The number of hydrogen-bond acceptors (Lipinski definition) is 3. The van der Waals surface area contributed by atoms with Gasteiger partial charge in [0.2, 0.25) is 0 Å². The van der Waals surface area contributed by atoms with Gasteiger partial charge in [-0.15, -0.1) is 0 Å². The number of carbonyl (C=O) groups excluding carboxylic acids is 1. The highest BCUT2D eigenvalue weighted by molar-refractivity contribution is 9.10. The Bertz CT molecular complexity index is 869. The summed E-state index contributed by atoms with van der Waals surface area (Å²) in [4.78, 5) is 19.6. The predicted molar refractivity (Wildman–Crippen MR) is 117 cm³/mol. The van der Waals surface area contributed by atoms with Crippen molar-refractivity contribution in [2.24, 2.45) is 10.9 Å². The summed E-state index contributed by atoms with van der Waals surface area (Å²) in [7, 11) is 0. The highest BCUT2D eigenvalue weighted by Gasteiger charge is 2.29. The molecule has 1 amide bonds. The van der Waals surface area contributed by atoms with E-state index in [1.165, 1.54) is 17.3 Å². The average Bonchev–Trinajstić information content (AvgIpc) is 3.05. The number of aliphatic imine (C=N–C) groups is 1. The Morgan fingerprint density at radius 3 is 2.48 bits per heavy atom. The van der Waals surface area contributed by atoms with Gasteiger partial charge in [0.1, 0.15) is 0 Å². The summed E-state index contributed by atoms with van der Waals surface area (Å²) in [6.45, 7) is 1.95. The number of benzene rings is 2. The molecule has 0 unspecified atom stereocenters. The molecule has 0 aliphatic carbocycles. The summed E-state index contributed by atoms with van der Waals surface area (Å²) < 4.78 is 1.03. The van der Waals surface area contributed by atoms with Crippen LogP contribution in [0.3, 0.4) is 0 Å². The van der Waals surface area contributed by atoms with Gasteiger partial charge in [-0.1, -0.05) is 58.4 Å². The maximum absolute atomic E-state index is 12.3. The number of thioether (sulfide) groups is 1. The highest BCUT2D eigenvalue weighted by atomic mass is 79.9. The van der Waals surface area contributed by atoms with Crippen LogP contribution in [0.15, 0.2) is 69.0 Å². The molecule has 3 nitrogen and oxygen atoms in total. The summed E-state index contributed by atoms with van der Waals surface area (Å²) in [5.41, 5.74) is 2.44. The lowest BCUT2D eigenvalue weighted by Gasteiger charge is -2.32. The zero-order valence-electron chi connectivity index (χ0n) is 15.0. The molecular formula is C22H21BrN2OS. The summed E-state index contributed by atoms with van der Waals surface area (Å²) in [6, 6.07) is 18.7. The third-order valence-electron chi connectivity index (χ3n) is 5.03. The van der Waals surface area contributed by atoms with E-state index in [4.69, 9.17) is 0 Å². The number of amides is 1. The SMILES string of the molecule is O=C1N=C(N2CCC(Cc3ccccc3)CC2)S/C1=C\c1ccc(Br)cc1. The van der Waals surface area contributed by atoms with E-state index in [0.717, 1.165) is 47.6 Å². The quantitative estimate of drug-likeness (QED) is 0.600. The average molecular weight is 441 g/mol. The molecule has 1 fully saturated rings. The van der Waals surface area contributed by atoms with Crippen molar-refractivity contribution >= 4 is 44.8 Å². The number of carbonyl (C=O) groups is 1. The van der Waals surface area contributed by atoms with E-state index in [1.54, 1.807) is 0 Å². The van der Waals surface area contributed by atoms with Gasteiger partial charge in [-0.3, -0.25) is 4.79 Å². The van der Waals surface area contributed by atoms with Crippen LogP contribution in [0.4, 0.5) is 0 Å². The van der Waals surface area contributed by atoms with Gasteiger partial charge in [0.25, 0.3) is 5.91 Å². The van der Waals surface area contributed by atoms with Crippen LogP contribution in [0.2, 0.25) is 0 Å². The molecule has 2 aromatic carbocycles. The van der Waals surface area contributed by atoms with Gasteiger partial charge >= 0.3 is 0 Å². The fourth-order valence-corrected chi connectivity index (χ4v) is 4.75. The van der Waals surface area contributed by atoms with Crippen molar-refractivity contribution in [1.29, 1.82) is 0 Å². The molecule has 2 heterocycles. The van der Waals surface area contributed by atoms with Gasteiger partial charge < -0.3 is 4.90 Å². The molecule has 138 valence electrons. The summed E-state index contributed by atoms with van der Waals surface area (Å²) in [6.07, 6.45) is 5.36. The van der Waals surface area contributed by atoms with E-state index >= 15 is 0 Å². The van der Waals surface area contributed by atoms with Crippen LogP contribution >= 0.6 is 27.7 Å². The maximum Gasteiger partial charge on any atom is 0.286 e. The largest absolute Gasteiger partial charge is 0.351 e. The molecule has 0 N–H and O–H groups in total. The zero-order chi connectivity index (χ0) is 18.6. The van der Waals surface area contributed by atoms with E-state index in [2.05, 4.69) is 56.2 Å². The third kappa shape index (κ3) is 4.71. The Morgan fingerprint density at radius 1 is 1.07 bits per heavy atom. The van der Waals surface area contributed by atoms with Crippen LogP contribution in [-0.4, -0.2) is 29.1 Å². The van der Waals surface area contributed by atoms with E-state index in [-0.39, 0.29) is 5.91 Å². The smallest absolute Gasteiger partial charge is 0.286 e. The number of piperidine rings is 1. The molecule has 1 saturated heterocycles. The lowest BCUT2D eigenvalue weighted by molar-refractivity contribution is -0.113. The monoisotopic (exact) mass is 440 g/mol. The molecule has 4 rings (SSSR count). The van der Waals surface area contributed by atoms with Crippen molar-refractivity contribution in [2.75, 3.05) is 13.1 Å². The first-order valence-electron chi connectivity index (χ1n) is 9.24. The molecule has 0 bridgehead atoms. The number of hydrogen-bond donors (Lipinski definition) is 0. The fraction of sp³-hybridized carbons (Fsp3) is 0.273. The van der Waals surface area contributed by atoms with Crippen molar-refractivity contribution in [3.8, 4) is 0 Å². The Morgan fingerprint density at radius 2 is 1.78 bits per heavy atom. The van der Waals surface area contributed by atoms with Gasteiger partial charge in [-0.05, 0) is 66.3 Å². The normalized spacial score (nSPS) is 19.6. The van der Waals surface area contributed by atoms with Gasteiger partial charge in [0.05, 0.1) is 4.91 Å². The van der Waals surface area contributed by atoms with Crippen LogP contribution in [0, 0.1) is 5.92 Å². The second-order valence-electron chi connectivity index (χ2n) is 6.98. The maximum atomic E-state index is 12.3. The Balaban J connectivity index is 1.34. The molecule has 0 radical (unpaired) electrons. The molecule has 2 aromatic rings. The van der Waals surface area contributed by atoms with Gasteiger partial charge in [-0.25, -0.2) is 0 Å². The van der Waals surface area contributed by atoms with Crippen molar-refractivity contribution in [2.45, 2.75) is 19.3 Å². The first kappa shape index (κ1) is 18.5. The zero-order valence-corrected chi connectivity index (χ0v) is 17.4. The lowest BCUT2D eigenvalue weighted by Crippen LogP contribution is -2.37. The highest BCUT2D eigenvalue weighted by Crippen LogP contribution is 2.32. The minimum Gasteiger partial charge on any atom is -0.351 e. The van der Waals surface area contributed by atoms with E-state index in [9.17, 15) is 4.79 Å². The van der Waals surface area contributed by atoms with Crippen LogP contribution < -0.4 is 0 Å². The summed E-state index contributed by atoms with van der Waals surface area (Å²) in [5.74, 6) is 0.591. The van der Waals surface area contributed by atoms with Gasteiger partial charge in [0.15, 0.2) is 5.17 Å². The molecule has 0 spiro atoms. The van der Waals surface area contributed by atoms with E-state index in [1.807, 2.05) is 30.3 Å². The Kier molecular flexibility index (Phi) is 5.79. The molecule has 0 atom stereocenters. The number of rotatable bonds is 3. The lowest BCUT2D eigenvalue weighted by atomic mass is 9.90. The van der Waals surface area contributed by atoms with Crippen LogP contribution in [0.5, 0.6) is 0 Å². The first-order valence-corrected chi connectivity index (χ1v) is 10.9. The fourth-order valence-electron chi connectivity index (χ4n) is 3.52. The second kappa shape index (κ2) is 8.44. The van der Waals surface area contributed by atoms with Crippen molar-refractivity contribution in [3.05, 3.63) is 75.1 Å². The molecule has 0 aromatic heterocycles. The van der Waals surface area contributed by atoms with Crippen molar-refractivity contribution in [1.82, 2.24) is 4.90 Å². The third-order valence-corrected chi connectivity index (χ3v) is 6.60. The molecule has 2 aliphatic heterocycles. The number of nitrogens with zero attached hydrogens (tertiary/aromatic N) is 2. The number of amidine groups is 1. The topological polar surface area (TPSA) is 32.7 Å². The van der Waals surface area contributed by atoms with Gasteiger partial charge in [-0.2, -0.15) is 4.99 Å². The van der Waals surface area contributed by atoms with Crippen molar-refractivity contribution in [3.63, 3.8) is 0 Å². The van der Waals surface area contributed by atoms with Crippen LogP contribution in [0.25, 0.3) is 6.08 Å². The molecular weight excluding hydrogens is 420 g/mol. The predicted octanol–water partition coefficient (Wildman–Crippen LogP) is 5.37. The van der Waals surface area contributed by atoms with Crippen LogP contribution in [0.1, 0.15) is 24.0 Å². The molecule has 5 heteroatoms. The number of halogens is 1. The summed E-state index contributed by atoms with van der Waals surface area (Å²) >= 11 is 4.94. The van der Waals surface area contributed by atoms with Gasteiger partial charge in [0, 0.05) is 17.6 Å². The number of likely N-dealkylation sites (tertiary alicyclic amines) is 1. The standard InChI is InChI=1S/C22H21BrN2OS/c23-19-8-6-17(7-9-19)15-20-21(26)24-22(27-20)25-12-10-18(11-13-25)14-16-4-2-1-3-5-16/h1-9,15,18H,10-14H2/b20-15-. The second-order valence-corrected chi connectivity index (χ2v) is 8.91. The minimum atomic E-state index is -0.121. The minimum absolute atomic E-state index is 0.121. The molecule has 0 saturated carbocycles. The van der Waals surface area contributed by atoms with E-state index in [0.29, 0.717) is 10.8 Å². The van der Waals surface area contributed by atoms with Crippen LogP contribution in [-0.2, 0) is 11.2 Å².